The summed E-state index contributed by atoms with van der Waals surface area (Å²) in [5, 5.41) is 3.67. The van der Waals surface area contributed by atoms with Crippen LogP contribution in [0.1, 0.15) is 38.5 Å². The van der Waals surface area contributed by atoms with Crippen LogP contribution in [-0.2, 0) is 9.47 Å². The minimum atomic E-state index is 0.471. The van der Waals surface area contributed by atoms with Crippen LogP contribution in [-0.4, -0.2) is 62.5 Å². The summed E-state index contributed by atoms with van der Waals surface area (Å²) in [5.41, 5.74) is 0. The first-order chi connectivity index (χ1) is 9.36. The summed E-state index contributed by atoms with van der Waals surface area (Å²) in [5.74, 6) is 0. The van der Waals surface area contributed by atoms with Crippen molar-refractivity contribution in [2.45, 2.75) is 62.8 Å². The monoisotopic (exact) mass is 268 g/mol. The third-order valence-corrected chi connectivity index (χ3v) is 4.89. The van der Waals surface area contributed by atoms with Gasteiger partial charge in [-0.3, -0.25) is 4.90 Å². The lowest BCUT2D eigenvalue weighted by Crippen LogP contribution is -2.56. The van der Waals surface area contributed by atoms with Gasteiger partial charge in [-0.1, -0.05) is 0 Å². The van der Waals surface area contributed by atoms with Gasteiger partial charge in [0, 0.05) is 38.3 Å². The first kappa shape index (κ1) is 13.8. The maximum absolute atomic E-state index is 5.70. The minimum absolute atomic E-state index is 0.471. The molecule has 0 aromatic carbocycles. The molecule has 2 aliphatic carbocycles. The second-order valence-corrected chi connectivity index (χ2v) is 6.33. The summed E-state index contributed by atoms with van der Waals surface area (Å²) < 4.78 is 11.3. The molecule has 0 amide bonds. The normalized spacial score (nSPS) is 37.4. The second kappa shape index (κ2) is 6.53. The van der Waals surface area contributed by atoms with E-state index in [2.05, 4.69) is 10.2 Å². The maximum atomic E-state index is 5.70. The number of rotatable bonds is 5. The van der Waals surface area contributed by atoms with Crippen LogP contribution in [0.3, 0.4) is 0 Å². The van der Waals surface area contributed by atoms with Crippen LogP contribution >= 0.6 is 0 Å². The van der Waals surface area contributed by atoms with Gasteiger partial charge in [0.2, 0.25) is 0 Å². The highest BCUT2D eigenvalue weighted by molar-refractivity contribution is 4.90. The Bertz CT molecular complexity index is 283. The van der Waals surface area contributed by atoms with E-state index in [-0.39, 0.29) is 0 Å². The van der Waals surface area contributed by atoms with E-state index in [1.54, 1.807) is 0 Å². The molecule has 3 unspecified atom stereocenters. The SMILES string of the molecule is COC1CCCC(N2CCOCC2CNC2CC2)C1. The molecule has 3 rings (SSSR count). The van der Waals surface area contributed by atoms with Crippen LogP contribution in [0.4, 0.5) is 0 Å². The fourth-order valence-corrected chi connectivity index (χ4v) is 3.55. The molecule has 19 heavy (non-hydrogen) atoms. The predicted octanol–water partition coefficient (Wildman–Crippen LogP) is 1.40. The quantitative estimate of drug-likeness (QED) is 0.817. The van der Waals surface area contributed by atoms with Crippen LogP contribution in [0.5, 0.6) is 0 Å². The molecule has 0 spiro atoms. The minimum Gasteiger partial charge on any atom is -0.381 e. The lowest BCUT2D eigenvalue weighted by molar-refractivity contribution is -0.0529. The van der Waals surface area contributed by atoms with E-state index in [1.165, 1.54) is 38.5 Å². The zero-order valence-electron chi connectivity index (χ0n) is 12.1. The number of methoxy groups -OCH3 is 1. The molecular weight excluding hydrogens is 240 g/mol. The Kier molecular flexibility index (Phi) is 4.74. The highest BCUT2D eigenvalue weighted by Gasteiger charge is 2.33. The van der Waals surface area contributed by atoms with Gasteiger partial charge in [0.05, 0.1) is 19.3 Å². The topological polar surface area (TPSA) is 33.7 Å². The largest absolute Gasteiger partial charge is 0.381 e. The van der Waals surface area contributed by atoms with Gasteiger partial charge in [0.1, 0.15) is 0 Å². The van der Waals surface area contributed by atoms with Gasteiger partial charge in [0.25, 0.3) is 0 Å². The molecule has 0 bridgehead atoms. The van der Waals surface area contributed by atoms with Crippen LogP contribution in [0.15, 0.2) is 0 Å². The number of nitrogens with zero attached hydrogens (tertiary/aromatic N) is 1. The fourth-order valence-electron chi connectivity index (χ4n) is 3.55. The molecule has 0 aromatic heterocycles. The number of morpholine rings is 1. The van der Waals surface area contributed by atoms with Gasteiger partial charge in [0.15, 0.2) is 0 Å². The van der Waals surface area contributed by atoms with Gasteiger partial charge < -0.3 is 14.8 Å². The van der Waals surface area contributed by atoms with E-state index in [9.17, 15) is 0 Å². The summed E-state index contributed by atoms with van der Waals surface area (Å²) in [6, 6.07) is 2.06. The second-order valence-electron chi connectivity index (χ2n) is 6.33. The van der Waals surface area contributed by atoms with Crippen molar-refractivity contribution < 1.29 is 9.47 Å². The molecule has 0 aromatic rings. The fraction of sp³-hybridized carbons (Fsp3) is 1.00. The molecule has 1 aliphatic heterocycles. The van der Waals surface area contributed by atoms with Crippen LogP contribution in [0, 0.1) is 0 Å². The first-order valence-corrected chi connectivity index (χ1v) is 7.96. The van der Waals surface area contributed by atoms with Crippen molar-refractivity contribution in [3.05, 3.63) is 0 Å². The van der Waals surface area contributed by atoms with Crippen molar-refractivity contribution in [3.8, 4) is 0 Å². The van der Waals surface area contributed by atoms with E-state index < -0.39 is 0 Å². The van der Waals surface area contributed by atoms with E-state index in [1.807, 2.05) is 7.11 Å². The van der Waals surface area contributed by atoms with Gasteiger partial charge in [-0.15, -0.1) is 0 Å². The van der Waals surface area contributed by atoms with E-state index >= 15 is 0 Å². The van der Waals surface area contributed by atoms with Crippen molar-refractivity contribution in [1.29, 1.82) is 0 Å². The molecule has 2 saturated carbocycles. The Morgan fingerprint density at radius 1 is 1.26 bits per heavy atom. The van der Waals surface area contributed by atoms with Crippen molar-refractivity contribution >= 4 is 0 Å². The standard InChI is InChI=1S/C15H28N2O2/c1-18-15-4-2-3-13(9-15)17-7-8-19-11-14(17)10-16-12-5-6-12/h12-16H,2-11H2,1H3. The van der Waals surface area contributed by atoms with Crippen molar-refractivity contribution in [2.75, 3.05) is 33.4 Å². The molecule has 4 nitrogen and oxygen atoms in total. The number of hydrogen-bond donors (Lipinski definition) is 1. The number of hydrogen-bond acceptors (Lipinski definition) is 4. The molecule has 1 N–H and O–H groups in total. The first-order valence-electron chi connectivity index (χ1n) is 7.96. The summed E-state index contributed by atoms with van der Waals surface area (Å²) >= 11 is 0. The molecule has 0 radical (unpaired) electrons. The Hall–Kier alpha value is -0.160. The van der Waals surface area contributed by atoms with Gasteiger partial charge in [-0.25, -0.2) is 0 Å². The third kappa shape index (κ3) is 3.69. The Morgan fingerprint density at radius 3 is 2.95 bits per heavy atom. The Balaban J connectivity index is 1.55. The zero-order valence-corrected chi connectivity index (χ0v) is 12.1. The van der Waals surface area contributed by atoms with Crippen LogP contribution in [0.25, 0.3) is 0 Å². The number of ether oxygens (including phenoxy) is 2. The highest BCUT2D eigenvalue weighted by atomic mass is 16.5. The van der Waals surface area contributed by atoms with Gasteiger partial charge in [-0.2, -0.15) is 0 Å². The van der Waals surface area contributed by atoms with E-state index in [4.69, 9.17) is 9.47 Å². The lowest BCUT2D eigenvalue weighted by atomic mass is 9.90. The molecule has 3 aliphatic rings. The molecule has 3 atom stereocenters. The smallest absolute Gasteiger partial charge is 0.0635 e. The average molecular weight is 268 g/mol. The predicted molar refractivity (Wildman–Crippen MR) is 75.4 cm³/mol. The Labute approximate surface area is 116 Å². The van der Waals surface area contributed by atoms with Crippen molar-refractivity contribution in [2.24, 2.45) is 0 Å². The summed E-state index contributed by atoms with van der Waals surface area (Å²) in [4.78, 5) is 2.70. The van der Waals surface area contributed by atoms with Crippen LogP contribution < -0.4 is 5.32 Å². The summed E-state index contributed by atoms with van der Waals surface area (Å²) in [7, 11) is 1.86. The van der Waals surface area contributed by atoms with Gasteiger partial charge in [-0.05, 0) is 38.5 Å². The van der Waals surface area contributed by atoms with Gasteiger partial charge >= 0.3 is 0 Å². The summed E-state index contributed by atoms with van der Waals surface area (Å²) in [6.45, 7) is 3.98. The molecule has 3 fully saturated rings. The molecule has 110 valence electrons. The van der Waals surface area contributed by atoms with Crippen LogP contribution in [0.2, 0.25) is 0 Å². The van der Waals surface area contributed by atoms with E-state index in [0.29, 0.717) is 18.2 Å². The molecule has 4 heteroatoms. The zero-order chi connectivity index (χ0) is 13.1. The molecule has 1 saturated heterocycles. The molecular formula is C15H28N2O2. The molecule has 1 heterocycles. The summed E-state index contributed by atoms with van der Waals surface area (Å²) in [6.07, 6.45) is 8.28. The number of nitrogens with one attached hydrogen (secondary N) is 1. The third-order valence-electron chi connectivity index (χ3n) is 4.89. The van der Waals surface area contributed by atoms with Crippen molar-refractivity contribution in [3.63, 3.8) is 0 Å². The maximum Gasteiger partial charge on any atom is 0.0635 e. The lowest BCUT2D eigenvalue weighted by Gasteiger charge is -2.44. The Morgan fingerprint density at radius 2 is 2.16 bits per heavy atom. The highest BCUT2D eigenvalue weighted by Crippen LogP contribution is 2.27. The van der Waals surface area contributed by atoms with E-state index in [0.717, 1.165) is 32.3 Å². The average Bonchev–Trinajstić information content (AvgIpc) is 3.30. The van der Waals surface area contributed by atoms with Crippen molar-refractivity contribution in [1.82, 2.24) is 10.2 Å².